The SMILES string of the molecule is Cc1c(Br)cccc1NC(=O)C1CC(C(=O)[O-])C1.O=C(O)C(F)(F)F.[Na+]. The molecule has 0 bridgehead atoms. The Kier molecular flexibility index (Phi) is 9.85. The number of amides is 1. The van der Waals surface area contributed by atoms with Crippen molar-refractivity contribution in [1.82, 2.24) is 0 Å². The summed E-state index contributed by atoms with van der Waals surface area (Å²) in [5.41, 5.74) is 1.72. The van der Waals surface area contributed by atoms with Crippen LogP contribution in [0, 0.1) is 18.8 Å². The molecule has 0 radical (unpaired) electrons. The van der Waals surface area contributed by atoms with Gasteiger partial charge in [0.15, 0.2) is 0 Å². The summed E-state index contributed by atoms with van der Waals surface area (Å²) >= 11 is 3.40. The maximum Gasteiger partial charge on any atom is 1.00 e. The Bertz CT molecular complexity index is 678. The zero-order chi connectivity index (χ0) is 19.4. The van der Waals surface area contributed by atoms with Crippen molar-refractivity contribution in [3.63, 3.8) is 0 Å². The fraction of sp³-hybridized carbons (Fsp3) is 0.400. The average molecular weight is 448 g/mol. The van der Waals surface area contributed by atoms with E-state index in [1.165, 1.54) is 0 Å². The quantitative estimate of drug-likeness (QED) is 0.584. The standard InChI is InChI=1S/C13H14BrNO3.C2HF3O2.Na/c1-7-10(14)3-2-4-11(7)15-12(16)8-5-9(6-8)13(17)18;3-2(4,5)1(6)7;/h2-4,8-9H,5-6H2,1H3,(H,15,16)(H,17,18);(H,6,7);/q;;+1/p-1. The first-order chi connectivity index (χ1) is 11.4. The van der Waals surface area contributed by atoms with E-state index in [9.17, 15) is 27.9 Å². The molecule has 11 heteroatoms. The molecule has 0 unspecified atom stereocenters. The Hall–Kier alpha value is -1.10. The van der Waals surface area contributed by atoms with Crippen LogP contribution in [0.2, 0.25) is 0 Å². The molecule has 2 rings (SSSR count). The molecule has 0 aromatic heterocycles. The third-order valence-electron chi connectivity index (χ3n) is 3.61. The van der Waals surface area contributed by atoms with Crippen LogP contribution in [0.3, 0.4) is 0 Å². The van der Waals surface area contributed by atoms with Crippen molar-refractivity contribution in [1.29, 1.82) is 0 Å². The van der Waals surface area contributed by atoms with E-state index >= 15 is 0 Å². The number of carboxylic acid groups (broad SMARTS) is 2. The van der Waals surface area contributed by atoms with Crippen molar-refractivity contribution in [3.8, 4) is 0 Å². The molecule has 6 nitrogen and oxygen atoms in total. The minimum atomic E-state index is -5.08. The van der Waals surface area contributed by atoms with E-state index in [0.29, 0.717) is 12.8 Å². The number of anilines is 1. The van der Waals surface area contributed by atoms with Gasteiger partial charge < -0.3 is 20.3 Å². The van der Waals surface area contributed by atoms with Gasteiger partial charge in [0.1, 0.15) is 0 Å². The van der Waals surface area contributed by atoms with Crippen LogP contribution in [0.5, 0.6) is 0 Å². The molecule has 1 aliphatic carbocycles. The Labute approximate surface area is 177 Å². The number of alkyl halides is 3. The minimum absolute atomic E-state index is 0. The molecule has 0 heterocycles. The molecular weight excluding hydrogens is 434 g/mol. The third-order valence-corrected chi connectivity index (χ3v) is 4.47. The van der Waals surface area contributed by atoms with E-state index in [1.807, 2.05) is 25.1 Å². The van der Waals surface area contributed by atoms with Gasteiger partial charge in [-0.25, -0.2) is 4.79 Å². The van der Waals surface area contributed by atoms with E-state index in [2.05, 4.69) is 21.2 Å². The zero-order valence-electron chi connectivity index (χ0n) is 13.9. The Balaban J connectivity index is 0.000000673. The molecule has 2 N–H and O–H groups in total. The first-order valence-electron chi connectivity index (χ1n) is 7.00. The summed E-state index contributed by atoms with van der Waals surface area (Å²) in [6.45, 7) is 1.91. The van der Waals surface area contributed by atoms with E-state index in [-0.39, 0.29) is 41.4 Å². The molecule has 1 amide bonds. The number of hydrogen-bond donors (Lipinski definition) is 2. The van der Waals surface area contributed by atoms with Crippen molar-refractivity contribution < 1.29 is 67.3 Å². The monoisotopic (exact) mass is 447 g/mol. The number of carbonyl (C=O) groups excluding carboxylic acids is 2. The van der Waals surface area contributed by atoms with Gasteiger partial charge in [0.25, 0.3) is 0 Å². The number of hydrogen-bond acceptors (Lipinski definition) is 4. The predicted molar refractivity (Wildman–Crippen MR) is 82.4 cm³/mol. The Morgan fingerprint density at radius 3 is 2.15 bits per heavy atom. The molecule has 1 fully saturated rings. The third kappa shape index (κ3) is 7.26. The maximum atomic E-state index is 11.9. The van der Waals surface area contributed by atoms with Crippen LogP contribution in [-0.4, -0.2) is 29.1 Å². The molecular formula is C15H14BrF3NNaO5. The average Bonchev–Trinajstić information content (AvgIpc) is 2.41. The second-order valence-electron chi connectivity index (χ2n) is 5.39. The molecule has 0 spiro atoms. The fourth-order valence-electron chi connectivity index (χ4n) is 2.00. The van der Waals surface area contributed by atoms with Gasteiger partial charge in [-0.1, -0.05) is 22.0 Å². The van der Waals surface area contributed by atoms with Gasteiger partial charge in [0, 0.05) is 28.0 Å². The minimum Gasteiger partial charge on any atom is -0.550 e. The number of benzene rings is 1. The van der Waals surface area contributed by atoms with Crippen LogP contribution >= 0.6 is 15.9 Å². The van der Waals surface area contributed by atoms with Crippen molar-refractivity contribution in [3.05, 3.63) is 28.2 Å². The molecule has 1 aromatic rings. The number of carboxylic acids is 2. The smallest absolute Gasteiger partial charge is 0.550 e. The number of aliphatic carboxylic acids is 2. The van der Waals surface area contributed by atoms with Gasteiger partial charge >= 0.3 is 41.7 Å². The van der Waals surface area contributed by atoms with Gasteiger partial charge in [-0.3, -0.25) is 4.79 Å². The van der Waals surface area contributed by atoms with Crippen LogP contribution in [0.15, 0.2) is 22.7 Å². The topological polar surface area (TPSA) is 107 Å². The van der Waals surface area contributed by atoms with Crippen LogP contribution in [-0.2, 0) is 14.4 Å². The van der Waals surface area contributed by atoms with Gasteiger partial charge in [0.05, 0.1) is 0 Å². The zero-order valence-corrected chi connectivity index (χ0v) is 17.5. The Morgan fingerprint density at radius 2 is 1.73 bits per heavy atom. The van der Waals surface area contributed by atoms with E-state index < -0.39 is 24.0 Å². The van der Waals surface area contributed by atoms with Crippen molar-refractivity contribution in [2.24, 2.45) is 11.8 Å². The van der Waals surface area contributed by atoms with Gasteiger partial charge in [-0.2, -0.15) is 13.2 Å². The molecule has 1 aliphatic rings. The molecule has 0 aliphatic heterocycles. The van der Waals surface area contributed by atoms with E-state index in [0.717, 1.165) is 15.7 Å². The largest absolute Gasteiger partial charge is 1.00 e. The van der Waals surface area contributed by atoms with Crippen LogP contribution in [0.4, 0.5) is 18.9 Å². The summed E-state index contributed by atoms with van der Waals surface area (Å²) in [5, 5.41) is 20.5. The molecule has 138 valence electrons. The summed E-state index contributed by atoms with van der Waals surface area (Å²) in [7, 11) is 0. The van der Waals surface area contributed by atoms with Gasteiger partial charge in [-0.15, -0.1) is 0 Å². The number of halogens is 4. The van der Waals surface area contributed by atoms with Gasteiger partial charge in [0.2, 0.25) is 5.91 Å². The summed E-state index contributed by atoms with van der Waals surface area (Å²) < 4.78 is 32.7. The number of carbonyl (C=O) groups is 3. The second-order valence-corrected chi connectivity index (χ2v) is 6.24. The van der Waals surface area contributed by atoms with Gasteiger partial charge in [-0.05, 0) is 37.5 Å². The van der Waals surface area contributed by atoms with Crippen molar-refractivity contribution in [2.75, 3.05) is 5.32 Å². The molecule has 1 saturated carbocycles. The Morgan fingerprint density at radius 1 is 1.23 bits per heavy atom. The van der Waals surface area contributed by atoms with E-state index in [4.69, 9.17) is 9.90 Å². The number of rotatable bonds is 3. The fourth-order valence-corrected chi connectivity index (χ4v) is 2.37. The van der Waals surface area contributed by atoms with Crippen LogP contribution in [0.1, 0.15) is 18.4 Å². The maximum absolute atomic E-state index is 11.9. The summed E-state index contributed by atoms with van der Waals surface area (Å²) in [6, 6.07) is 5.57. The second kappa shape index (κ2) is 10.3. The molecule has 1 aromatic carbocycles. The van der Waals surface area contributed by atoms with E-state index in [1.54, 1.807) is 0 Å². The summed E-state index contributed by atoms with van der Waals surface area (Å²) in [6.07, 6.45) is -4.33. The molecule has 0 saturated heterocycles. The predicted octanol–water partition coefficient (Wildman–Crippen LogP) is -0.891. The molecule has 0 atom stereocenters. The molecule has 26 heavy (non-hydrogen) atoms. The summed E-state index contributed by atoms with van der Waals surface area (Å²) in [4.78, 5) is 31.3. The summed E-state index contributed by atoms with van der Waals surface area (Å²) in [5.74, 6) is -4.62. The van der Waals surface area contributed by atoms with Crippen LogP contribution < -0.4 is 40.0 Å². The van der Waals surface area contributed by atoms with Crippen LogP contribution in [0.25, 0.3) is 0 Å². The van der Waals surface area contributed by atoms with Crippen molar-refractivity contribution >= 4 is 39.5 Å². The first-order valence-corrected chi connectivity index (χ1v) is 7.79. The first kappa shape index (κ1) is 24.9. The normalized spacial score (nSPS) is 18.3. The number of nitrogens with one attached hydrogen (secondary N) is 1. The van der Waals surface area contributed by atoms with Crippen molar-refractivity contribution in [2.45, 2.75) is 25.9 Å².